The number of rotatable bonds is 3. The van der Waals surface area contributed by atoms with Crippen molar-refractivity contribution in [3.63, 3.8) is 0 Å². The van der Waals surface area contributed by atoms with Crippen molar-refractivity contribution >= 4 is 34.2 Å². The number of carbonyl (C=O) groups excluding carboxylic acids is 1. The number of pyridine rings is 1. The summed E-state index contributed by atoms with van der Waals surface area (Å²) >= 11 is 6.39. The predicted octanol–water partition coefficient (Wildman–Crippen LogP) is 6.54. The third kappa shape index (κ3) is 4.66. The monoisotopic (exact) mass is 470 g/mol. The van der Waals surface area contributed by atoms with Crippen molar-refractivity contribution < 1.29 is 18.0 Å². The van der Waals surface area contributed by atoms with Crippen molar-refractivity contribution in [2.24, 2.45) is 0 Å². The molecule has 33 heavy (non-hydrogen) atoms. The summed E-state index contributed by atoms with van der Waals surface area (Å²) in [5, 5.41) is 3.10. The van der Waals surface area contributed by atoms with Crippen LogP contribution in [0.25, 0.3) is 22.3 Å². The molecule has 4 aromatic rings. The van der Waals surface area contributed by atoms with E-state index in [2.05, 4.69) is 15.3 Å². The highest BCUT2D eigenvalue weighted by molar-refractivity contribution is 6.33. The van der Waals surface area contributed by atoms with E-state index in [1.807, 2.05) is 26.0 Å². The topological polar surface area (TPSA) is 67.8 Å². The molecule has 0 aliphatic heterocycles. The lowest BCUT2D eigenvalue weighted by atomic mass is 10.1. The van der Waals surface area contributed by atoms with Crippen LogP contribution in [0.2, 0.25) is 5.02 Å². The molecule has 0 aliphatic rings. The van der Waals surface area contributed by atoms with Gasteiger partial charge in [-0.15, -0.1) is 0 Å². The third-order valence-corrected chi connectivity index (χ3v) is 5.43. The van der Waals surface area contributed by atoms with E-state index in [9.17, 15) is 18.0 Å². The van der Waals surface area contributed by atoms with E-state index in [0.717, 1.165) is 34.3 Å². The lowest BCUT2D eigenvalue weighted by Crippen LogP contribution is -2.16. The quantitative estimate of drug-likeness (QED) is 0.369. The molecule has 0 bridgehead atoms. The number of alkyl halides is 3. The van der Waals surface area contributed by atoms with Gasteiger partial charge in [-0.2, -0.15) is 13.2 Å². The van der Waals surface area contributed by atoms with Crippen molar-refractivity contribution in [3.8, 4) is 11.3 Å². The second-order valence-electron chi connectivity index (χ2n) is 7.68. The summed E-state index contributed by atoms with van der Waals surface area (Å²) in [6.45, 7) is 5.29. The standard InChI is InChI=1S/C24H18ClF3N4O/c1-12-8-13(2)22-19(9-12)29-11-20(32-22)17-10-15(4-6-18(17)25)31-23(33)16-5-7-21(24(26,27)28)30-14(16)3/h4-11H,1-3H3,(H,31,33). The number of carbonyl (C=O) groups is 1. The minimum absolute atomic E-state index is 0.0253. The van der Waals surface area contributed by atoms with Crippen LogP contribution in [0.15, 0.2) is 48.7 Å². The summed E-state index contributed by atoms with van der Waals surface area (Å²) in [6, 6.07) is 10.7. The highest BCUT2D eigenvalue weighted by Crippen LogP contribution is 2.31. The molecule has 0 radical (unpaired) electrons. The van der Waals surface area contributed by atoms with Crippen LogP contribution in [-0.2, 0) is 6.18 Å². The Morgan fingerprint density at radius 3 is 2.45 bits per heavy atom. The van der Waals surface area contributed by atoms with E-state index in [0.29, 0.717) is 22.0 Å². The van der Waals surface area contributed by atoms with Crippen LogP contribution < -0.4 is 5.32 Å². The Labute approximate surface area is 192 Å². The SMILES string of the molecule is Cc1cc(C)c2nc(-c3cc(NC(=O)c4ccc(C(F)(F)F)nc4C)ccc3Cl)cnc2c1. The van der Waals surface area contributed by atoms with Crippen LogP contribution in [0.1, 0.15) is 32.9 Å². The number of anilines is 1. The van der Waals surface area contributed by atoms with Gasteiger partial charge in [-0.1, -0.05) is 17.7 Å². The number of hydrogen-bond donors (Lipinski definition) is 1. The van der Waals surface area contributed by atoms with Gasteiger partial charge in [-0.25, -0.2) is 9.97 Å². The lowest BCUT2D eigenvalue weighted by molar-refractivity contribution is -0.141. The number of nitrogens with one attached hydrogen (secondary N) is 1. The van der Waals surface area contributed by atoms with E-state index in [4.69, 9.17) is 16.6 Å². The van der Waals surface area contributed by atoms with Gasteiger partial charge < -0.3 is 5.32 Å². The molecule has 2 aromatic carbocycles. The van der Waals surface area contributed by atoms with Gasteiger partial charge in [0.05, 0.1) is 39.2 Å². The molecule has 9 heteroatoms. The number of aromatic nitrogens is 3. The van der Waals surface area contributed by atoms with E-state index < -0.39 is 17.8 Å². The second-order valence-corrected chi connectivity index (χ2v) is 8.09. The average molecular weight is 471 g/mol. The molecule has 0 saturated heterocycles. The van der Waals surface area contributed by atoms with E-state index >= 15 is 0 Å². The first-order valence-corrected chi connectivity index (χ1v) is 10.3. The highest BCUT2D eigenvalue weighted by Gasteiger charge is 2.33. The van der Waals surface area contributed by atoms with Crippen LogP contribution in [0.4, 0.5) is 18.9 Å². The van der Waals surface area contributed by atoms with Crippen molar-refractivity contribution in [2.75, 3.05) is 5.32 Å². The Hall–Kier alpha value is -3.52. The third-order valence-electron chi connectivity index (χ3n) is 5.10. The molecule has 0 spiro atoms. The lowest BCUT2D eigenvalue weighted by Gasteiger charge is -2.12. The summed E-state index contributed by atoms with van der Waals surface area (Å²) in [4.78, 5) is 25.4. The second kappa shape index (κ2) is 8.44. The minimum Gasteiger partial charge on any atom is -0.322 e. The number of nitrogens with zero attached hydrogens (tertiary/aromatic N) is 3. The van der Waals surface area contributed by atoms with Crippen molar-refractivity contribution in [2.45, 2.75) is 26.9 Å². The Bertz CT molecular complexity index is 1400. The number of amides is 1. The van der Waals surface area contributed by atoms with Gasteiger partial charge in [-0.05, 0) is 68.3 Å². The molecule has 1 N–H and O–H groups in total. The van der Waals surface area contributed by atoms with Gasteiger partial charge >= 0.3 is 6.18 Å². The number of fused-ring (bicyclic) bond motifs is 1. The summed E-state index contributed by atoms with van der Waals surface area (Å²) in [7, 11) is 0. The largest absolute Gasteiger partial charge is 0.433 e. The molecule has 0 atom stereocenters. The molecular formula is C24H18ClF3N4O. The van der Waals surface area contributed by atoms with Crippen molar-refractivity contribution in [3.05, 3.63) is 81.8 Å². The van der Waals surface area contributed by atoms with Crippen LogP contribution in [-0.4, -0.2) is 20.9 Å². The van der Waals surface area contributed by atoms with Gasteiger partial charge in [0.25, 0.3) is 5.91 Å². The smallest absolute Gasteiger partial charge is 0.322 e. The summed E-state index contributed by atoms with van der Waals surface area (Å²) < 4.78 is 38.5. The summed E-state index contributed by atoms with van der Waals surface area (Å²) in [6.07, 6.45) is -2.97. The van der Waals surface area contributed by atoms with Crippen LogP contribution in [0, 0.1) is 20.8 Å². The fraction of sp³-hybridized carbons (Fsp3) is 0.167. The van der Waals surface area contributed by atoms with E-state index in [-0.39, 0.29) is 11.3 Å². The average Bonchev–Trinajstić information content (AvgIpc) is 2.74. The fourth-order valence-corrected chi connectivity index (χ4v) is 3.76. The normalized spacial score (nSPS) is 11.6. The molecule has 4 rings (SSSR count). The van der Waals surface area contributed by atoms with Gasteiger partial charge in [0.2, 0.25) is 0 Å². The minimum atomic E-state index is -4.58. The molecule has 0 fully saturated rings. The van der Waals surface area contributed by atoms with E-state index in [1.165, 1.54) is 6.92 Å². The Morgan fingerprint density at radius 1 is 1.00 bits per heavy atom. The van der Waals surface area contributed by atoms with Gasteiger partial charge in [0.15, 0.2) is 0 Å². The molecule has 0 unspecified atom stereocenters. The molecular weight excluding hydrogens is 453 g/mol. The van der Waals surface area contributed by atoms with Crippen LogP contribution in [0.5, 0.6) is 0 Å². The highest BCUT2D eigenvalue weighted by atomic mass is 35.5. The number of aryl methyl sites for hydroxylation is 3. The Balaban J connectivity index is 1.66. The molecule has 1 amide bonds. The molecule has 2 aromatic heterocycles. The molecule has 5 nitrogen and oxygen atoms in total. The van der Waals surface area contributed by atoms with Crippen LogP contribution >= 0.6 is 11.6 Å². The molecule has 2 heterocycles. The summed E-state index contributed by atoms with van der Waals surface area (Å²) in [5.74, 6) is -0.585. The first-order valence-electron chi connectivity index (χ1n) is 9.93. The maximum absolute atomic E-state index is 12.8. The van der Waals surface area contributed by atoms with Gasteiger partial charge in [-0.3, -0.25) is 9.78 Å². The van der Waals surface area contributed by atoms with Gasteiger partial charge in [0, 0.05) is 11.3 Å². The number of hydrogen-bond acceptors (Lipinski definition) is 4. The maximum Gasteiger partial charge on any atom is 0.433 e. The van der Waals surface area contributed by atoms with Crippen molar-refractivity contribution in [1.82, 2.24) is 15.0 Å². The first-order chi connectivity index (χ1) is 15.5. The molecule has 168 valence electrons. The zero-order chi connectivity index (χ0) is 23.9. The van der Waals surface area contributed by atoms with Crippen LogP contribution in [0.3, 0.4) is 0 Å². The Morgan fingerprint density at radius 2 is 1.76 bits per heavy atom. The maximum atomic E-state index is 12.8. The number of benzene rings is 2. The Kier molecular flexibility index (Phi) is 5.80. The fourth-order valence-electron chi connectivity index (χ4n) is 3.55. The summed E-state index contributed by atoms with van der Waals surface area (Å²) in [5.41, 5.74) is 4.03. The number of halogens is 4. The molecule has 0 saturated carbocycles. The van der Waals surface area contributed by atoms with Crippen molar-refractivity contribution in [1.29, 1.82) is 0 Å². The predicted molar refractivity (Wildman–Crippen MR) is 121 cm³/mol. The molecule has 0 aliphatic carbocycles. The first kappa shape index (κ1) is 22.7. The zero-order valence-electron chi connectivity index (χ0n) is 17.9. The van der Waals surface area contributed by atoms with E-state index in [1.54, 1.807) is 24.4 Å². The zero-order valence-corrected chi connectivity index (χ0v) is 18.6. The van der Waals surface area contributed by atoms with Gasteiger partial charge in [0.1, 0.15) is 5.69 Å².